The van der Waals surface area contributed by atoms with E-state index < -0.39 is 0 Å². The minimum Gasteiger partial charge on any atom is -0.462 e. The Bertz CT molecular complexity index is 812. The van der Waals surface area contributed by atoms with Crippen LogP contribution < -0.4 is 10.6 Å². The monoisotopic (exact) mass is 349 g/mol. The number of nitrogens with two attached hydrogens (primary N) is 1. The molecule has 0 saturated heterocycles. The Balaban J connectivity index is 1.57. The van der Waals surface area contributed by atoms with Crippen LogP contribution in [-0.4, -0.2) is 32.2 Å². The molecule has 0 saturated carbocycles. The fourth-order valence-electron chi connectivity index (χ4n) is 3.39. The highest BCUT2D eigenvalue weighted by molar-refractivity contribution is 5.89. The molecule has 2 aromatic carbocycles. The molecule has 1 aliphatic heterocycles. The molecular weight excluding hydrogens is 326 g/mol. The molecule has 5 nitrogen and oxygen atoms in total. The van der Waals surface area contributed by atoms with Gasteiger partial charge in [0.25, 0.3) is 0 Å². The summed E-state index contributed by atoms with van der Waals surface area (Å²) < 4.78 is 5.34. The summed E-state index contributed by atoms with van der Waals surface area (Å²) >= 11 is 0. The van der Waals surface area contributed by atoms with E-state index in [2.05, 4.69) is 17.0 Å². The maximum atomic E-state index is 11.9. The van der Waals surface area contributed by atoms with E-state index in [1.54, 1.807) is 12.1 Å². The van der Waals surface area contributed by atoms with Crippen molar-refractivity contribution in [1.29, 1.82) is 5.26 Å². The van der Waals surface area contributed by atoms with E-state index in [4.69, 9.17) is 10.5 Å². The van der Waals surface area contributed by atoms with Gasteiger partial charge in [-0.25, -0.2) is 4.79 Å². The highest BCUT2D eigenvalue weighted by Gasteiger charge is 2.23. The maximum Gasteiger partial charge on any atom is 0.338 e. The molecular formula is C21H23N3O2. The number of esters is 1. The third-order valence-corrected chi connectivity index (χ3v) is 4.58. The SMILES string of the molecule is N#Cc1cc(CCN)cc2c1N(CCCOC(=O)c1ccccc1)CC2. The van der Waals surface area contributed by atoms with Gasteiger partial charge >= 0.3 is 5.97 Å². The molecule has 134 valence electrons. The van der Waals surface area contributed by atoms with E-state index >= 15 is 0 Å². The van der Waals surface area contributed by atoms with Gasteiger partial charge in [-0.1, -0.05) is 24.3 Å². The predicted molar refractivity (Wildman–Crippen MR) is 101 cm³/mol. The van der Waals surface area contributed by atoms with Gasteiger partial charge in [0.2, 0.25) is 0 Å². The van der Waals surface area contributed by atoms with Crippen molar-refractivity contribution in [2.45, 2.75) is 19.3 Å². The minimum atomic E-state index is -0.295. The number of benzene rings is 2. The summed E-state index contributed by atoms with van der Waals surface area (Å²) in [5.41, 5.74) is 10.3. The summed E-state index contributed by atoms with van der Waals surface area (Å²) in [6, 6.07) is 15.4. The average molecular weight is 349 g/mol. The lowest BCUT2D eigenvalue weighted by Gasteiger charge is -2.20. The molecule has 3 rings (SSSR count). The molecule has 0 aromatic heterocycles. The van der Waals surface area contributed by atoms with Gasteiger partial charge < -0.3 is 15.4 Å². The van der Waals surface area contributed by atoms with Gasteiger partial charge in [-0.2, -0.15) is 5.26 Å². The van der Waals surface area contributed by atoms with Crippen LogP contribution in [0.2, 0.25) is 0 Å². The molecule has 2 aromatic rings. The standard InChI is InChI=1S/C21H23N3O2/c22-9-7-16-13-18-8-11-24(20(18)19(14-16)15-23)10-4-12-26-21(25)17-5-2-1-3-6-17/h1-3,5-6,13-14H,4,7-12,22H2. The highest BCUT2D eigenvalue weighted by atomic mass is 16.5. The van der Waals surface area contributed by atoms with Gasteiger partial charge in [0.15, 0.2) is 0 Å². The number of carbonyl (C=O) groups is 1. The zero-order valence-electron chi connectivity index (χ0n) is 14.8. The first-order valence-electron chi connectivity index (χ1n) is 8.96. The molecule has 0 amide bonds. The van der Waals surface area contributed by atoms with E-state index in [9.17, 15) is 10.1 Å². The molecule has 0 atom stereocenters. The fraction of sp³-hybridized carbons (Fsp3) is 0.333. The van der Waals surface area contributed by atoms with Crippen molar-refractivity contribution in [3.63, 3.8) is 0 Å². The summed E-state index contributed by atoms with van der Waals surface area (Å²) in [5.74, 6) is -0.295. The second-order valence-corrected chi connectivity index (χ2v) is 6.39. The number of fused-ring (bicyclic) bond motifs is 1. The van der Waals surface area contributed by atoms with Crippen molar-refractivity contribution in [1.82, 2.24) is 0 Å². The van der Waals surface area contributed by atoms with Crippen molar-refractivity contribution in [2.24, 2.45) is 5.73 Å². The molecule has 0 fully saturated rings. The van der Waals surface area contributed by atoms with Crippen molar-refractivity contribution >= 4 is 11.7 Å². The summed E-state index contributed by atoms with van der Waals surface area (Å²) in [6.45, 7) is 2.61. The van der Waals surface area contributed by atoms with Gasteiger partial charge in [-0.3, -0.25) is 0 Å². The summed E-state index contributed by atoms with van der Waals surface area (Å²) in [5, 5.41) is 9.51. The Morgan fingerprint density at radius 1 is 1.27 bits per heavy atom. The van der Waals surface area contributed by atoms with E-state index in [0.717, 1.165) is 43.6 Å². The van der Waals surface area contributed by atoms with Crippen molar-refractivity contribution < 1.29 is 9.53 Å². The van der Waals surface area contributed by atoms with E-state index in [-0.39, 0.29) is 5.97 Å². The molecule has 0 bridgehead atoms. The topological polar surface area (TPSA) is 79.3 Å². The zero-order valence-corrected chi connectivity index (χ0v) is 14.8. The normalized spacial score (nSPS) is 12.5. The van der Waals surface area contributed by atoms with Gasteiger partial charge in [-0.15, -0.1) is 0 Å². The summed E-state index contributed by atoms with van der Waals surface area (Å²) in [4.78, 5) is 14.2. The predicted octanol–water partition coefficient (Wildman–Crippen LogP) is 2.67. The minimum absolute atomic E-state index is 0.295. The first-order chi connectivity index (χ1) is 12.7. The van der Waals surface area contributed by atoms with Gasteiger partial charge in [-0.05, 0) is 55.1 Å². The lowest BCUT2D eigenvalue weighted by molar-refractivity contribution is 0.0502. The zero-order chi connectivity index (χ0) is 18.4. The summed E-state index contributed by atoms with van der Waals surface area (Å²) in [6.07, 6.45) is 2.46. The first-order valence-corrected chi connectivity index (χ1v) is 8.96. The second kappa shape index (κ2) is 8.50. The number of ether oxygens (including phenoxy) is 1. The molecule has 5 heteroatoms. The van der Waals surface area contributed by atoms with Crippen LogP contribution in [0.3, 0.4) is 0 Å². The molecule has 1 heterocycles. The van der Waals surface area contributed by atoms with Crippen LogP contribution in [0.5, 0.6) is 0 Å². The van der Waals surface area contributed by atoms with E-state index in [0.29, 0.717) is 24.3 Å². The van der Waals surface area contributed by atoms with Crippen LogP contribution in [-0.2, 0) is 17.6 Å². The smallest absolute Gasteiger partial charge is 0.338 e. The molecule has 2 N–H and O–H groups in total. The van der Waals surface area contributed by atoms with E-state index in [1.165, 1.54) is 5.56 Å². The number of hydrogen-bond donors (Lipinski definition) is 1. The Hall–Kier alpha value is -2.84. The lowest BCUT2D eigenvalue weighted by atomic mass is 10.0. The third-order valence-electron chi connectivity index (χ3n) is 4.58. The Labute approximate surface area is 154 Å². The highest BCUT2D eigenvalue weighted by Crippen LogP contribution is 2.33. The molecule has 26 heavy (non-hydrogen) atoms. The Kier molecular flexibility index (Phi) is 5.88. The maximum absolute atomic E-state index is 11.9. The van der Waals surface area contributed by atoms with Crippen molar-refractivity contribution in [3.05, 3.63) is 64.7 Å². The van der Waals surface area contributed by atoms with Gasteiger partial charge in [0.1, 0.15) is 6.07 Å². The number of carbonyl (C=O) groups excluding carboxylic acids is 1. The van der Waals surface area contributed by atoms with E-state index in [1.807, 2.05) is 24.3 Å². The molecule has 0 spiro atoms. The number of rotatable bonds is 7. The summed E-state index contributed by atoms with van der Waals surface area (Å²) in [7, 11) is 0. The van der Waals surface area contributed by atoms with Crippen LogP contribution in [0.15, 0.2) is 42.5 Å². The molecule has 0 radical (unpaired) electrons. The Morgan fingerprint density at radius 3 is 2.81 bits per heavy atom. The number of anilines is 1. The lowest BCUT2D eigenvalue weighted by Crippen LogP contribution is -2.24. The van der Waals surface area contributed by atoms with Crippen molar-refractivity contribution in [2.75, 3.05) is 31.1 Å². The molecule has 1 aliphatic rings. The largest absolute Gasteiger partial charge is 0.462 e. The molecule has 0 unspecified atom stereocenters. The van der Waals surface area contributed by atoms with Crippen LogP contribution in [0.4, 0.5) is 5.69 Å². The van der Waals surface area contributed by atoms with Crippen molar-refractivity contribution in [3.8, 4) is 6.07 Å². The van der Waals surface area contributed by atoms with Gasteiger partial charge in [0.05, 0.1) is 23.4 Å². The number of hydrogen-bond acceptors (Lipinski definition) is 5. The average Bonchev–Trinajstić information content (AvgIpc) is 3.08. The quantitative estimate of drug-likeness (QED) is 0.614. The second-order valence-electron chi connectivity index (χ2n) is 6.39. The van der Waals surface area contributed by atoms with Gasteiger partial charge in [0, 0.05) is 13.1 Å². The fourth-order valence-corrected chi connectivity index (χ4v) is 3.39. The third kappa shape index (κ3) is 4.04. The van der Waals surface area contributed by atoms with Crippen LogP contribution in [0.1, 0.15) is 33.5 Å². The van der Waals surface area contributed by atoms with Crippen LogP contribution in [0.25, 0.3) is 0 Å². The van der Waals surface area contributed by atoms with Crippen LogP contribution in [0, 0.1) is 11.3 Å². The first kappa shape index (κ1) is 18.0. The molecule has 0 aliphatic carbocycles. The van der Waals surface area contributed by atoms with Crippen LogP contribution >= 0.6 is 0 Å². The number of nitrogens with zero attached hydrogens (tertiary/aromatic N) is 2. The number of nitriles is 1. The Morgan fingerprint density at radius 2 is 2.08 bits per heavy atom.